The van der Waals surface area contributed by atoms with Crippen LogP contribution in [-0.4, -0.2) is 35.5 Å². The smallest absolute Gasteiger partial charge is 0.324 e. The topological polar surface area (TPSA) is 72.6 Å². The minimum atomic E-state index is -1.08. The number of hydrogen-bond acceptors (Lipinski definition) is 5. The number of hydrazine groups is 1. The maximum Gasteiger partial charge on any atom is 0.324 e. The van der Waals surface area contributed by atoms with E-state index in [1.165, 1.54) is 30.3 Å². The van der Waals surface area contributed by atoms with Crippen molar-refractivity contribution in [2.24, 2.45) is 5.84 Å². The van der Waals surface area contributed by atoms with Gasteiger partial charge >= 0.3 is 5.97 Å². The number of Topliss-reactive ketones (excluding diaryl/α,β-unsaturated/α-hetero) is 1. The Hall–Kier alpha value is -1.79. The first-order valence-corrected chi connectivity index (χ1v) is 7.85. The average molecular weight is 322 g/mol. The normalized spacial score (nSPS) is 18.5. The number of ketones is 1. The number of benzene rings is 1. The Morgan fingerprint density at radius 2 is 1.87 bits per heavy atom. The zero-order valence-electron chi connectivity index (χ0n) is 13.5. The molecule has 1 aromatic rings. The van der Waals surface area contributed by atoms with Crippen molar-refractivity contribution in [1.82, 2.24) is 5.01 Å². The Bertz CT molecular complexity index is 585. The second-order valence-corrected chi connectivity index (χ2v) is 6.01. The molecule has 0 radical (unpaired) electrons. The number of halogens is 1. The van der Waals surface area contributed by atoms with Crippen molar-refractivity contribution in [3.05, 3.63) is 35.6 Å². The molecule has 6 heteroatoms. The molecule has 0 saturated heterocycles. The fourth-order valence-electron chi connectivity index (χ4n) is 3.29. The predicted molar refractivity (Wildman–Crippen MR) is 84.1 cm³/mol. The predicted octanol–water partition coefficient (Wildman–Crippen LogP) is 2.45. The maximum absolute atomic E-state index is 14.1. The van der Waals surface area contributed by atoms with Crippen LogP contribution in [-0.2, 0) is 9.53 Å². The Balaban J connectivity index is 2.41. The lowest BCUT2D eigenvalue weighted by atomic mass is 9.75. The van der Waals surface area contributed by atoms with Crippen LogP contribution in [0.25, 0.3) is 0 Å². The van der Waals surface area contributed by atoms with E-state index in [-0.39, 0.29) is 11.3 Å². The van der Waals surface area contributed by atoms with Crippen LogP contribution in [0.4, 0.5) is 4.39 Å². The van der Waals surface area contributed by atoms with Gasteiger partial charge in [-0.1, -0.05) is 31.4 Å². The Kier molecular flexibility index (Phi) is 5.49. The van der Waals surface area contributed by atoms with Crippen LogP contribution in [0.1, 0.15) is 49.4 Å². The molecule has 1 aliphatic rings. The molecular formula is C17H23FN2O3. The van der Waals surface area contributed by atoms with E-state index in [0.29, 0.717) is 12.8 Å². The van der Waals surface area contributed by atoms with Crippen LogP contribution in [0.15, 0.2) is 24.3 Å². The molecular weight excluding hydrogens is 299 g/mol. The first-order valence-electron chi connectivity index (χ1n) is 7.85. The molecule has 1 atom stereocenters. The minimum absolute atomic E-state index is 0.0157. The maximum atomic E-state index is 14.1. The van der Waals surface area contributed by atoms with E-state index in [1.54, 1.807) is 13.0 Å². The monoisotopic (exact) mass is 322 g/mol. The van der Waals surface area contributed by atoms with Crippen LogP contribution >= 0.6 is 0 Å². The van der Waals surface area contributed by atoms with Crippen molar-refractivity contribution >= 4 is 11.8 Å². The average Bonchev–Trinajstić information content (AvgIpc) is 2.60. The third kappa shape index (κ3) is 3.28. The van der Waals surface area contributed by atoms with Crippen LogP contribution in [0.5, 0.6) is 0 Å². The van der Waals surface area contributed by atoms with Crippen molar-refractivity contribution in [2.45, 2.75) is 50.6 Å². The van der Waals surface area contributed by atoms with Gasteiger partial charge in [0.25, 0.3) is 0 Å². The number of nitrogens with zero attached hydrogens (tertiary/aromatic N) is 1. The summed E-state index contributed by atoms with van der Waals surface area (Å²) in [5, 5.41) is 1.27. The van der Waals surface area contributed by atoms with Crippen LogP contribution in [0, 0.1) is 5.82 Å². The van der Waals surface area contributed by atoms with Gasteiger partial charge in [-0.3, -0.25) is 15.4 Å². The van der Waals surface area contributed by atoms with E-state index in [2.05, 4.69) is 0 Å². The van der Waals surface area contributed by atoms with Gasteiger partial charge in [-0.2, -0.15) is 0 Å². The quantitative estimate of drug-likeness (QED) is 0.390. The lowest BCUT2D eigenvalue weighted by Crippen LogP contribution is -2.63. The van der Waals surface area contributed by atoms with Crippen molar-refractivity contribution in [2.75, 3.05) is 7.11 Å². The van der Waals surface area contributed by atoms with E-state index < -0.39 is 23.4 Å². The van der Waals surface area contributed by atoms with Gasteiger partial charge in [0, 0.05) is 0 Å². The number of hydrogen-bond donors (Lipinski definition) is 1. The first-order chi connectivity index (χ1) is 10.9. The summed E-state index contributed by atoms with van der Waals surface area (Å²) in [6.07, 6.45) is 3.60. The van der Waals surface area contributed by atoms with Crippen molar-refractivity contribution in [3.8, 4) is 0 Å². The van der Waals surface area contributed by atoms with Gasteiger partial charge in [0.2, 0.25) is 0 Å². The number of ether oxygens (including phenoxy) is 1. The summed E-state index contributed by atoms with van der Waals surface area (Å²) in [6.45, 7) is 1.59. The highest BCUT2D eigenvalue weighted by molar-refractivity contribution is 6.03. The fraction of sp³-hybridized carbons (Fsp3) is 0.529. The highest BCUT2D eigenvalue weighted by Gasteiger charge is 2.47. The number of esters is 1. The number of carbonyl (C=O) groups excluding carboxylic acids is 2. The summed E-state index contributed by atoms with van der Waals surface area (Å²) in [4.78, 5) is 24.9. The second-order valence-electron chi connectivity index (χ2n) is 6.01. The summed E-state index contributed by atoms with van der Waals surface area (Å²) < 4.78 is 18.8. The highest BCUT2D eigenvalue weighted by Crippen LogP contribution is 2.36. The summed E-state index contributed by atoms with van der Waals surface area (Å²) in [5.74, 6) is 4.73. The van der Waals surface area contributed by atoms with Gasteiger partial charge < -0.3 is 4.74 Å². The lowest BCUT2D eigenvalue weighted by Gasteiger charge is -2.44. The molecule has 5 nitrogen and oxygen atoms in total. The van der Waals surface area contributed by atoms with Crippen LogP contribution in [0.2, 0.25) is 0 Å². The molecule has 1 fully saturated rings. The van der Waals surface area contributed by atoms with E-state index >= 15 is 0 Å². The third-order valence-electron chi connectivity index (χ3n) is 4.68. The largest absolute Gasteiger partial charge is 0.468 e. The van der Waals surface area contributed by atoms with E-state index in [1.807, 2.05) is 0 Å². The molecule has 0 aliphatic heterocycles. The number of rotatable bonds is 5. The zero-order chi connectivity index (χ0) is 17.0. The van der Waals surface area contributed by atoms with Crippen LogP contribution < -0.4 is 5.84 Å². The number of nitrogens with two attached hydrogens (primary N) is 1. The third-order valence-corrected chi connectivity index (χ3v) is 4.68. The standard InChI is InChI=1S/C17H23FN2O3/c1-12(16(22)23-2)20(19)17(10-6-3-7-11-17)15(21)13-8-4-5-9-14(13)18/h4-5,8-9,12H,3,6-7,10-11,19H2,1-2H3/t12-/m0/s1. The molecule has 2 rings (SSSR count). The zero-order valence-corrected chi connectivity index (χ0v) is 13.5. The van der Waals surface area contributed by atoms with Crippen molar-refractivity contribution < 1.29 is 18.7 Å². The summed E-state index contributed by atoms with van der Waals surface area (Å²) >= 11 is 0. The van der Waals surface area contributed by atoms with Gasteiger partial charge in [-0.25, -0.2) is 9.40 Å². The van der Waals surface area contributed by atoms with Gasteiger partial charge in [0.05, 0.1) is 18.2 Å². The molecule has 0 spiro atoms. The SMILES string of the molecule is COC(=O)[C@H](C)N(N)C1(C(=O)c2ccccc2F)CCCCC1. The minimum Gasteiger partial charge on any atom is -0.468 e. The molecule has 0 heterocycles. The molecule has 0 unspecified atom stereocenters. The van der Waals surface area contributed by atoms with E-state index in [0.717, 1.165) is 19.3 Å². The molecule has 2 N–H and O–H groups in total. The Morgan fingerprint density at radius 1 is 1.26 bits per heavy atom. The van der Waals surface area contributed by atoms with E-state index in [9.17, 15) is 14.0 Å². The van der Waals surface area contributed by atoms with Gasteiger partial charge in [-0.15, -0.1) is 0 Å². The van der Waals surface area contributed by atoms with Gasteiger partial charge in [-0.05, 0) is 31.9 Å². The van der Waals surface area contributed by atoms with Crippen molar-refractivity contribution in [3.63, 3.8) is 0 Å². The molecule has 0 amide bonds. The molecule has 126 valence electrons. The lowest BCUT2D eigenvalue weighted by molar-refractivity contribution is -0.149. The molecule has 23 heavy (non-hydrogen) atoms. The summed E-state index contributed by atoms with van der Waals surface area (Å²) in [6, 6.07) is 5.10. The van der Waals surface area contributed by atoms with Gasteiger partial charge in [0.1, 0.15) is 11.9 Å². The molecule has 0 bridgehead atoms. The molecule has 1 aromatic carbocycles. The first kappa shape index (κ1) is 17.6. The molecule has 1 aliphatic carbocycles. The second kappa shape index (κ2) is 7.19. The Labute approximate surface area is 135 Å². The Morgan fingerprint density at radius 3 is 2.43 bits per heavy atom. The molecule has 0 aromatic heterocycles. The number of methoxy groups -OCH3 is 1. The van der Waals surface area contributed by atoms with Crippen molar-refractivity contribution in [1.29, 1.82) is 0 Å². The van der Waals surface area contributed by atoms with Gasteiger partial charge in [0.15, 0.2) is 5.78 Å². The number of carbonyl (C=O) groups is 2. The van der Waals surface area contributed by atoms with E-state index in [4.69, 9.17) is 10.6 Å². The molecule has 1 saturated carbocycles. The summed E-state index contributed by atoms with van der Waals surface area (Å²) in [7, 11) is 1.28. The highest BCUT2D eigenvalue weighted by atomic mass is 19.1. The van der Waals surface area contributed by atoms with Crippen LogP contribution in [0.3, 0.4) is 0 Å². The fourth-order valence-corrected chi connectivity index (χ4v) is 3.29. The summed E-state index contributed by atoms with van der Waals surface area (Å²) in [5.41, 5.74) is -1.06.